The number of pyridine rings is 1. The van der Waals surface area contributed by atoms with Gasteiger partial charge in [0.25, 0.3) is 0 Å². The van der Waals surface area contributed by atoms with Crippen LogP contribution < -0.4 is 5.32 Å². The lowest BCUT2D eigenvalue weighted by molar-refractivity contribution is 0.565. The average molecular weight is 164 g/mol. The number of hydrogen-bond donors (Lipinski definition) is 1. The second-order valence-electron chi connectivity index (χ2n) is 3.09. The molecule has 0 spiro atoms. The minimum Gasteiger partial charge on any atom is -0.317 e. The summed E-state index contributed by atoms with van der Waals surface area (Å²) in [5.74, 6) is 0. The van der Waals surface area contributed by atoms with Crippen LogP contribution in [0, 0.1) is 0 Å². The molecule has 1 aromatic heterocycles. The summed E-state index contributed by atoms with van der Waals surface area (Å²) in [5, 5.41) is 3.21. The third-order valence-corrected chi connectivity index (χ3v) is 2.08. The summed E-state index contributed by atoms with van der Waals surface area (Å²) in [6, 6.07) is 4.69. The van der Waals surface area contributed by atoms with Gasteiger partial charge in [-0.25, -0.2) is 0 Å². The van der Waals surface area contributed by atoms with E-state index in [0.29, 0.717) is 6.04 Å². The molecule has 0 unspecified atom stereocenters. The molecule has 2 nitrogen and oxygen atoms in total. The van der Waals surface area contributed by atoms with Crippen LogP contribution in [0.2, 0.25) is 0 Å². The van der Waals surface area contributed by atoms with E-state index in [1.165, 1.54) is 12.0 Å². The lowest BCUT2D eigenvalue weighted by atomic mass is 10.1. The fraction of sp³-hybridized carbons (Fsp3) is 0.500. The first-order chi connectivity index (χ1) is 5.83. The van der Waals surface area contributed by atoms with Gasteiger partial charge in [0.15, 0.2) is 0 Å². The Kier molecular flexibility index (Phi) is 3.74. The summed E-state index contributed by atoms with van der Waals surface area (Å²) in [6.45, 7) is 2.19. The van der Waals surface area contributed by atoms with Gasteiger partial charge in [-0.2, -0.15) is 0 Å². The molecule has 66 valence electrons. The minimum atomic E-state index is 0.588. The molecule has 1 rings (SSSR count). The average Bonchev–Trinajstić information content (AvgIpc) is 2.16. The lowest BCUT2D eigenvalue weighted by Gasteiger charge is -2.08. The van der Waals surface area contributed by atoms with E-state index in [2.05, 4.69) is 23.3 Å². The highest BCUT2D eigenvalue weighted by atomic mass is 14.8. The molecule has 0 aliphatic rings. The number of nitrogens with zero attached hydrogens (tertiary/aromatic N) is 1. The summed E-state index contributed by atoms with van der Waals surface area (Å²) in [6.07, 6.45) is 6.02. The van der Waals surface area contributed by atoms with E-state index in [1.807, 2.05) is 25.5 Å². The fourth-order valence-electron chi connectivity index (χ4n) is 1.07. The molecule has 1 atom stereocenters. The van der Waals surface area contributed by atoms with Crippen LogP contribution in [0.25, 0.3) is 0 Å². The highest BCUT2D eigenvalue weighted by Crippen LogP contribution is 2.02. The van der Waals surface area contributed by atoms with Gasteiger partial charge in [-0.1, -0.05) is 6.07 Å². The Morgan fingerprint density at radius 2 is 2.42 bits per heavy atom. The van der Waals surface area contributed by atoms with Crippen LogP contribution >= 0.6 is 0 Å². The lowest BCUT2D eigenvalue weighted by Crippen LogP contribution is -2.21. The number of hydrogen-bond acceptors (Lipinski definition) is 2. The van der Waals surface area contributed by atoms with Gasteiger partial charge in [-0.05, 0) is 38.4 Å². The van der Waals surface area contributed by atoms with Crippen molar-refractivity contribution in [1.29, 1.82) is 0 Å². The molecule has 1 N–H and O–H groups in total. The number of nitrogens with one attached hydrogen (secondary N) is 1. The SMILES string of the molecule is CN[C@@H](C)CCc1cccnc1. The summed E-state index contributed by atoms with van der Waals surface area (Å²) in [5.41, 5.74) is 1.32. The molecule has 0 saturated heterocycles. The highest BCUT2D eigenvalue weighted by Gasteiger charge is 1.98. The van der Waals surface area contributed by atoms with E-state index in [-0.39, 0.29) is 0 Å². The maximum absolute atomic E-state index is 4.07. The zero-order valence-corrected chi connectivity index (χ0v) is 7.75. The van der Waals surface area contributed by atoms with Gasteiger partial charge < -0.3 is 5.32 Å². The Morgan fingerprint density at radius 3 is 3.00 bits per heavy atom. The van der Waals surface area contributed by atoms with Crippen molar-refractivity contribution < 1.29 is 0 Å². The van der Waals surface area contributed by atoms with Gasteiger partial charge in [0, 0.05) is 18.4 Å². The largest absolute Gasteiger partial charge is 0.317 e. The molecule has 2 heteroatoms. The van der Waals surface area contributed by atoms with Crippen LogP contribution in [-0.4, -0.2) is 18.1 Å². The summed E-state index contributed by atoms with van der Waals surface area (Å²) in [4.78, 5) is 4.07. The van der Waals surface area contributed by atoms with E-state index >= 15 is 0 Å². The third kappa shape index (κ3) is 3.01. The van der Waals surface area contributed by atoms with Crippen molar-refractivity contribution >= 4 is 0 Å². The van der Waals surface area contributed by atoms with Crippen molar-refractivity contribution in [2.24, 2.45) is 0 Å². The standard InChI is InChI=1S/C10H16N2/c1-9(11-2)5-6-10-4-3-7-12-8-10/h3-4,7-9,11H,5-6H2,1-2H3/t9-/m0/s1. The molecular formula is C10H16N2. The molecule has 0 aromatic carbocycles. The van der Waals surface area contributed by atoms with E-state index in [9.17, 15) is 0 Å². The van der Waals surface area contributed by atoms with Crippen LogP contribution in [-0.2, 0) is 6.42 Å². The summed E-state index contributed by atoms with van der Waals surface area (Å²) >= 11 is 0. The van der Waals surface area contributed by atoms with Crippen molar-refractivity contribution in [3.8, 4) is 0 Å². The first kappa shape index (κ1) is 9.20. The zero-order valence-electron chi connectivity index (χ0n) is 7.75. The Morgan fingerprint density at radius 1 is 1.58 bits per heavy atom. The van der Waals surface area contributed by atoms with Crippen molar-refractivity contribution in [2.75, 3.05) is 7.05 Å². The fourth-order valence-corrected chi connectivity index (χ4v) is 1.07. The predicted octanol–water partition coefficient (Wildman–Crippen LogP) is 1.62. The topological polar surface area (TPSA) is 24.9 Å². The quantitative estimate of drug-likeness (QED) is 0.731. The van der Waals surface area contributed by atoms with Crippen LogP contribution in [0.15, 0.2) is 24.5 Å². The molecule has 12 heavy (non-hydrogen) atoms. The molecule has 0 bridgehead atoms. The van der Waals surface area contributed by atoms with E-state index in [0.717, 1.165) is 6.42 Å². The molecule has 1 heterocycles. The van der Waals surface area contributed by atoms with E-state index in [4.69, 9.17) is 0 Å². The van der Waals surface area contributed by atoms with Gasteiger partial charge in [0.1, 0.15) is 0 Å². The molecule has 0 radical (unpaired) electrons. The second kappa shape index (κ2) is 4.88. The zero-order chi connectivity index (χ0) is 8.81. The van der Waals surface area contributed by atoms with Crippen LogP contribution in [0.5, 0.6) is 0 Å². The van der Waals surface area contributed by atoms with Crippen LogP contribution in [0.1, 0.15) is 18.9 Å². The molecule has 0 saturated carbocycles. The first-order valence-corrected chi connectivity index (χ1v) is 4.39. The smallest absolute Gasteiger partial charge is 0.0299 e. The number of aromatic nitrogens is 1. The first-order valence-electron chi connectivity index (χ1n) is 4.39. The van der Waals surface area contributed by atoms with Crippen LogP contribution in [0.4, 0.5) is 0 Å². The maximum Gasteiger partial charge on any atom is 0.0299 e. The molecule has 0 fully saturated rings. The van der Waals surface area contributed by atoms with Gasteiger partial charge in [0.05, 0.1) is 0 Å². The van der Waals surface area contributed by atoms with Crippen molar-refractivity contribution in [1.82, 2.24) is 10.3 Å². The predicted molar refractivity (Wildman–Crippen MR) is 51.1 cm³/mol. The Balaban J connectivity index is 2.33. The van der Waals surface area contributed by atoms with Crippen molar-refractivity contribution in [2.45, 2.75) is 25.8 Å². The Labute approximate surface area is 74.0 Å². The summed E-state index contributed by atoms with van der Waals surface area (Å²) < 4.78 is 0. The normalized spacial score (nSPS) is 12.8. The molecule has 0 aliphatic heterocycles. The molecule has 0 amide bonds. The van der Waals surface area contributed by atoms with E-state index < -0.39 is 0 Å². The van der Waals surface area contributed by atoms with Gasteiger partial charge >= 0.3 is 0 Å². The Bertz CT molecular complexity index is 208. The second-order valence-corrected chi connectivity index (χ2v) is 3.09. The van der Waals surface area contributed by atoms with Gasteiger partial charge in [-0.15, -0.1) is 0 Å². The number of aryl methyl sites for hydroxylation is 1. The van der Waals surface area contributed by atoms with E-state index in [1.54, 1.807) is 0 Å². The van der Waals surface area contributed by atoms with Gasteiger partial charge in [-0.3, -0.25) is 4.98 Å². The van der Waals surface area contributed by atoms with Crippen LogP contribution in [0.3, 0.4) is 0 Å². The molecular weight excluding hydrogens is 148 g/mol. The monoisotopic (exact) mass is 164 g/mol. The van der Waals surface area contributed by atoms with Crippen molar-refractivity contribution in [3.05, 3.63) is 30.1 Å². The third-order valence-electron chi connectivity index (χ3n) is 2.08. The summed E-state index contributed by atoms with van der Waals surface area (Å²) in [7, 11) is 1.99. The molecule has 1 aromatic rings. The van der Waals surface area contributed by atoms with Gasteiger partial charge in [0.2, 0.25) is 0 Å². The highest BCUT2D eigenvalue weighted by molar-refractivity contribution is 5.08. The van der Waals surface area contributed by atoms with Crippen molar-refractivity contribution in [3.63, 3.8) is 0 Å². The Hall–Kier alpha value is -0.890. The maximum atomic E-state index is 4.07. The minimum absolute atomic E-state index is 0.588. The molecule has 0 aliphatic carbocycles. The number of rotatable bonds is 4.